The first kappa shape index (κ1) is 20.1. The molecule has 1 aliphatic heterocycles. The molecule has 3 aromatic carbocycles. The molecule has 0 spiro atoms. The molecule has 0 radical (unpaired) electrons. The maximum absolute atomic E-state index is 12.7. The number of fused-ring (bicyclic) bond motifs is 1. The molecule has 30 heavy (non-hydrogen) atoms. The van der Waals surface area contributed by atoms with E-state index in [1.807, 2.05) is 13.0 Å². The standard InChI is InChI=1S/C25H26N4O/c1-19(25(30)27-24-12-5-3-8-21(24)17-26)29-15-13-28(14-16-29)18-22-10-6-9-20-7-2-4-11-23(20)22/h2-12,19H,13-16,18H2,1H3,(H,27,30)/t19-/m1/s1. The zero-order chi connectivity index (χ0) is 20.9. The van der Waals surface area contributed by atoms with E-state index in [0.717, 1.165) is 32.7 Å². The predicted molar refractivity (Wildman–Crippen MR) is 120 cm³/mol. The van der Waals surface area contributed by atoms with Crippen molar-refractivity contribution >= 4 is 22.4 Å². The molecule has 1 atom stereocenters. The second-order valence-corrected chi connectivity index (χ2v) is 7.77. The molecule has 0 unspecified atom stereocenters. The third-order valence-electron chi connectivity index (χ3n) is 5.91. The van der Waals surface area contributed by atoms with Gasteiger partial charge in [0.05, 0.1) is 17.3 Å². The highest BCUT2D eigenvalue weighted by Gasteiger charge is 2.26. The van der Waals surface area contributed by atoms with Crippen molar-refractivity contribution in [1.82, 2.24) is 9.80 Å². The minimum atomic E-state index is -0.239. The van der Waals surface area contributed by atoms with Crippen LogP contribution in [0.15, 0.2) is 66.7 Å². The number of nitrogens with zero attached hydrogens (tertiary/aromatic N) is 3. The summed E-state index contributed by atoms with van der Waals surface area (Å²) in [5, 5.41) is 14.7. The van der Waals surface area contributed by atoms with Crippen LogP contribution in [0, 0.1) is 11.3 Å². The fourth-order valence-corrected chi connectivity index (χ4v) is 4.07. The molecule has 3 aromatic rings. The molecule has 1 saturated heterocycles. The van der Waals surface area contributed by atoms with E-state index in [9.17, 15) is 10.1 Å². The van der Waals surface area contributed by atoms with E-state index in [1.165, 1.54) is 16.3 Å². The number of benzene rings is 3. The van der Waals surface area contributed by atoms with Crippen LogP contribution in [0.4, 0.5) is 5.69 Å². The number of para-hydroxylation sites is 1. The van der Waals surface area contributed by atoms with Crippen molar-refractivity contribution < 1.29 is 4.79 Å². The van der Waals surface area contributed by atoms with E-state index in [4.69, 9.17) is 0 Å². The first-order valence-corrected chi connectivity index (χ1v) is 10.4. The van der Waals surface area contributed by atoms with E-state index in [1.54, 1.807) is 18.2 Å². The summed E-state index contributed by atoms with van der Waals surface area (Å²) in [4.78, 5) is 17.4. The Kier molecular flexibility index (Phi) is 6.08. The van der Waals surface area contributed by atoms with Gasteiger partial charge in [-0.2, -0.15) is 5.26 Å². The third-order valence-corrected chi connectivity index (χ3v) is 5.91. The number of amides is 1. The third kappa shape index (κ3) is 4.35. The lowest BCUT2D eigenvalue weighted by atomic mass is 10.0. The number of rotatable bonds is 5. The number of hydrogen-bond donors (Lipinski definition) is 1. The van der Waals surface area contributed by atoms with Crippen LogP contribution < -0.4 is 5.32 Å². The summed E-state index contributed by atoms with van der Waals surface area (Å²) in [5.41, 5.74) is 2.41. The fraction of sp³-hybridized carbons (Fsp3) is 0.280. The zero-order valence-electron chi connectivity index (χ0n) is 17.2. The molecular weight excluding hydrogens is 372 g/mol. The van der Waals surface area contributed by atoms with Crippen molar-refractivity contribution in [3.63, 3.8) is 0 Å². The fourth-order valence-electron chi connectivity index (χ4n) is 4.07. The lowest BCUT2D eigenvalue weighted by Gasteiger charge is -2.37. The van der Waals surface area contributed by atoms with Gasteiger partial charge in [-0.3, -0.25) is 14.6 Å². The molecule has 1 heterocycles. The summed E-state index contributed by atoms with van der Waals surface area (Å²) in [6, 6.07) is 24.0. The number of piperazine rings is 1. The van der Waals surface area contributed by atoms with Crippen LogP contribution in [-0.4, -0.2) is 47.9 Å². The summed E-state index contributed by atoms with van der Waals surface area (Å²) in [5.74, 6) is -0.0693. The lowest BCUT2D eigenvalue weighted by Crippen LogP contribution is -2.52. The smallest absolute Gasteiger partial charge is 0.241 e. The van der Waals surface area contributed by atoms with Gasteiger partial charge < -0.3 is 5.32 Å². The van der Waals surface area contributed by atoms with Crippen molar-refractivity contribution in [2.75, 3.05) is 31.5 Å². The van der Waals surface area contributed by atoms with E-state index in [2.05, 4.69) is 63.7 Å². The molecule has 1 amide bonds. The van der Waals surface area contributed by atoms with Gasteiger partial charge in [0.15, 0.2) is 0 Å². The van der Waals surface area contributed by atoms with Crippen molar-refractivity contribution in [1.29, 1.82) is 5.26 Å². The average molecular weight is 399 g/mol. The second kappa shape index (κ2) is 9.08. The zero-order valence-corrected chi connectivity index (χ0v) is 17.2. The van der Waals surface area contributed by atoms with E-state index < -0.39 is 0 Å². The van der Waals surface area contributed by atoms with Gasteiger partial charge in [0.25, 0.3) is 0 Å². The molecule has 5 heteroatoms. The molecule has 5 nitrogen and oxygen atoms in total. The normalized spacial score (nSPS) is 16.1. The Morgan fingerprint density at radius 2 is 1.70 bits per heavy atom. The van der Waals surface area contributed by atoms with Crippen molar-refractivity contribution in [2.24, 2.45) is 0 Å². The van der Waals surface area contributed by atoms with Gasteiger partial charge in [0.2, 0.25) is 5.91 Å². The minimum Gasteiger partial charge on any atom is -0.324 e. The topological polar surface area (TPSA) is 59.4 Å². The number of anilines is 1. The minimum absolute atomic E-state index is 0.0693. The molecule has 0 saturated carbocycles. The number of nitrogens with one attached hydrogen (secondary N) is 1. The van der Waals surface area contributed by atoms with Crippen molar-refractivity contribution in [3.05, 3.63) is 77.9 Å². The van der Waals surface area contributed by atoms with E-state index in [-0.39, 0.29) is 11.9 Å². The molecule has 0 bridgehead atoms. The average Bonchev–Trinajstić information content (AvgIpc) is 2.79. The Bertz CT molecular complexity index is 1070. The van der Waals surface area contributed by atoms with Crippen molar-refractivity contribution in [2.45, 2.75) is 19.5 Å². The van der Waals surface area contributed by atoms with E-state index >= 15 is 0 Å². The Hall–Kier alpha value is -3.20. The van der Waals surface area contributed by atoms with Gasteiger partial charge in [-0.1, -0.05) is 54.6 Å². The van der Waals surface area contributed by atoms with Gasteiger partial charge in [0, 0.05) is 32.7 Å². The Morgan fingerprint density at radius 1 is 1.00 bits per heavy atom. The van der Waals surface area contributed by atoms with Gasteiger partial charge in [-0.25, -0.2) is 0 Å². The van der Waals surface area contributed by atoms with Crippen LogP contribution in [0.2, 0.25) is 0 Å². The predicted octanol–water partition coefficient (Wildman–Crippen LogP) is 3.86. The molecule has 1 N–H and O–H groups in total. The second-order valence-electron chi connectivity index (χ2n) is 7.77. The SMILES string of the molecule is C[C@H](C(=O)Nc1ccccc1C#N)N1CCN(Cc2cccc3ccccc23)CC1. The largest absolute Gasteiger partial charge is 0.324 e. The molecule has 0 aromatic heterocycles. The van der Waals surface area contributed by atoms with Gasteiger partial charge in [-0.15, -0.1) is 0 Å². The molecule has 4 rings (SSSR count). The van der Waals surface area contributed by atoms with Gasteiger partial charge in [0.1, 0.15) is 6.07 Å². The summed E-state index contributed by atoms with van der Waals surface area (Å²) in [6.45, 7) is 6.40. The monoisotopic (exact) mass is 398 g/mol. The van der Waals surface area contributed by atoms with Crippen molar-refractivity contribution in [3.8, 4) is 6.07 Å². The Balaban J connectivity index is 1.35. The molecule has 1 fully saturated rings. The maximum Gasteiger partial charge on any atom is 0.241 e. The van der Waals surface area contributed by atoms with Crippen LogP contribution in [0.5, 0.6) is 0 Å². The van der Waals surface area contributed by atoms with Crippen LogP contribution in [0.1, 0.15) is 18.1 Å². The highest BCUT2D eigenvalue weighted by atomic mass is 16.2. The van der Waals surface area contributed by atoms with Crippen LogP contribution >= 0.6 is 0 Å². The lowest BCUT2D eigenvalue weighted by molar-refractivity contribution is -0.121. The summed E-state index contributed by atoms with van der Waals surface area (Å²) in [7, 11) is 0. The number of nitriles is 1. The number of carbonyl (C=O) groups is 1. The Morgan fingerprint density at radius 3 is 2.50 bits per heavy atom. The quantitative estimate of drug-likeness (QED) is 0.709. The van der Waals surface area contributed by atoms with Crippen LogP contribution in [0.25, 0.3) is 10.8 Å². The molecule has 0 aliphatic carbocycles. The highest BCUT2D eigenvalue weighted by molar-refractivity contribution is 5.95. The van der Waals surface area contributed by atoms with Crippen LogP contribution in [-0.2, 0) is 11.3 Å². The van der Waals surface area contributed by atoms with Gasteiger partial charge in [-0.05, 0) is 35.4 Å². The molecular formula is C25H26N4O. The summed E-state index contributed by atoms with van der Waals surface area (Å²) < 4.78 is 0. The first-order valence-electron chi connectivity index (χ1n) is 10.4. The van der Waals surface area contributed by atoms with Crippen LogP contribution in [0.3, 0.4) is 0 Å². The summed E-state index contributed by atoms with van der Waals surface area (Å²) in [6.07, 6.45) is 0. The van der Waals surface area contributed by atoms with E-state index in [0.29, 0.717) is 11.3 Å². The molecule has 152 valence electrons. The number of hydrogen-bond acceptors (Lipinski definition) is 4. The number of carbonyl (C=O) groups excluding carboxylic acids is 1. The first-order chi connectivity index (χ1) is 14.7. The molecule has 1 aliphatic rings. The highest BCUT2D eigenvalue weighted by Crippen LogP contribution is 2.21. The van der Waals surface area contributed by atoms with Gasteiger partial charge >= 0.3 is 0 Å². The summed E-state index contributed by atoms with van der Waals surface area (Å²) >= 11 is 0. The maximum atomic E-state index is 12.7. The Labute approximate surface area is 177 Å².